The van der Waals surface area contributed by atoms with Crippen molar-refractivity contribution in [3.63, 3.8) is 0 Å². The second-order valence-corrected chi connectivity index (χ2v) is 4.24. The van der Waals surface area contributed by atoms with Crippen LogP contribution in [0.4, 0.5) is 5.69 Å². The zero-order chi connectivity index (χ0) is 14.5. The fraction of sp³-hybridized carbons (Fsp3) is 0.0667. The normalized spacial score (nSPS) is 11.2. The van der Waals surface area contributed by atoms with Gasteiger partial charge in [0.1, 0.15) is 5.75 Å². The summed E-state index contributed by atoms with van der Waals surface area (Å²) in [7, 11) is 0. The van der Waals surface area contributed by atoms with E-state index in [-0.39, 0.29) is 11.3 Å². The first-order chi connectivity index (χ1) is 9.56. The SMILES string of the molecule is C/C(=N\Nc1ccc(C(=O)O)cc1)c1ccc(O)cc1. The molecule has 20 heavy (non-hydrogen) atoms. The van der Waals surface area contributed by atoms with Gasteiger partial charge in [-0.25, -0.2) is 4.79 Å². The van der Waals surface area contributed by atoms with Gasteiger partial charge in [0.25, 0.3) is 0 Å². The van der Waals surface area contributed by atoms with Crippen LogP contribution in [0.5, 0.6) is 5.75 Å². The Morgan fingerprint density at radius 1 is 1.00 bits per heavy atom. The number of nitrogens with one attached hydrogen (secondary N) is 1. The van der Waals surface area contributed by atoms with E-state index >= 15 is 0 Å². The molecule has 102 valence electrons. The first kappa shape index (κ1) is 13.6. The maximum atomic E-state index is 10.7. The number of carbonyl (C=O) groups is 1. The summed E-state index contributed by atoms with van der Waals surface area (Å²) in [5.74, 6) is -0.751. The van der Waals surface area contributed by atoms with E-state index in [2.05, 4.69) is 10.5 Å². The number of rotatable bonds is 4. The number of nitrogens with zero attached hydrogens (tertiary/aromatic N) is 1. The van der Waals surface area contributed by atoms with E-state index in [4.69, 9.17) is 5.11 Å². The van der Waals surface area contributed by atoms with Gasteiger partial charge >= 0.3 is 5.97 Å². The van der Waals surface area contributed by atoms with Crippen LogP contribution in [0.15, 0.2) is 53.6 Å². The van der Waals surface area contributed by atoms with Crippen molar-refractivity contribution in [3.8, 4) is 5.75 Å². The molecule has 2 aromatic carbocycles. The standard InChI is InChI=1S/C15H14N2O3/c1-10(11-4-8-14(18)9-5-11)16-17-13-6-2-12(3-7-13)15(19)20/h2-9,17-18H,1H3,(H,19,20)/b16-10+. The third-order valence-corrected chi connectivity index (χ3v) is 2.77. The number of hydrogen-bond acceptors (Lipinski definition) is 4. The van der Waals surface area contributed by atoms with E-state index in [1.54, 1.807) is 36.4 Å². The van der Waals surface area contributed by atoms with Gasteiger partial charge in [-0.1, -0.05) is 0 Å². The largest absolute Gasteiger partial charge is 0.508 e. The summed E-state index contributed by atoms with van der Waals surface area (Å²) in [5.41, 5.74) is 5.43. The van der Waals surface area contributed by atoms with E-state index in [1.807, 2.05) is 6.92 Å². The van der Waals surface area contributed by atoms with E-state index in [9.17, 15) is 9.90 Å². The third-order valence-electron chi connectivity index (χ3n) is 2.77. The van der Waals surface area contributed by atoms with Crippen LogP contribution >= 0.6 is 0 Å². The molecule has 0 spiro atoms. The number of benzene rings is 2. The number of aromatic carboxylic acids is 1. The molecule has 0 aliphatic heterocycles. The number of hydrazone groups is 1. The Morgan fingerprint density at radius 2 is 1.55 bits per heavy atom. The summed E-state index contributed by atoms with van der Waals surface area (Å²) in [6.45, 7) is 1.84. The van der Waals surface area contributed by atoms with Crippen LogP contribution in [0.3, 0.4) is 0 Å². The molecule has 0 saturated carbocycles. The zero-order valence-corrected chi connectivity index (χ0v) is 10.9. The van der Waals surface area contributed by atoms with Crippen LogP contribution in [-0.2, 0) is 0 Å². The summed E-state index contributed by atoms with van der Waals surface area (Å²) >= 11 is 0. The predicted octanol–water partition coefficient (Wildman–Crippen LogP) is 2.93. The number of phenols is 1. The molecule has 0 aromatic heterocycles. The van der Waals surface area contributed by atoms with Gasteiger partial charge in [-0.2, -0.15) is 5.10 Å². The van der Waals surface area contributed by atoms with Crippen molar-refractivity contribution in [2.45, 2.75) is 6.92 Å². The monoisotopic (exact) mass is 270 g/mol. The van der Waals surface area contributed by atoms with E-state index in [0.29, 0.717) is 5.69 Å². The Hall–Kier alpha value is -2.82. The van der Waals surface area contributed by atoms with Gasteiger partial charge < -0.3 is 10.2 Å². The van der Waals surface area contributed by atoms with Crippen LogP contribution in [0.1, 0.15) is 22.8 Å². The molecule has 0 heterocycles. The second kappa shape index (κ2) is 5.88. The molecule has 5 nitrogen and oxygen atoms in total. The summed E-state index contributed by atoms with van der Waals surface area (Å²) < 4.78 is 0. The first-order valence-corrected chi connectivity index (χ1v) is 5.99. The average molecular weight is 270 g/mol. The number of hydrogen-bond donors (Lipinski definition) is 3. The highest BCUT2D eigenvalue weighted by atomic mass is 16.4. The highest BCUT2D eigenvalue weighted by molar-refractivity contribution is 5.99. The summed E-state index contributed by atoms with van der Waals surface area (Å²) in [6.07, 6.45) is 0. The highest BCUT2D eigenvalue weighted by Crippen LogP contribution is 2.12. The van der Waals surface area contributed by atoms with Gasteiger partial charge in [0.15, 0.2) is 0 Å². The fourth-order valence-corrected chi connectivity index (χ4v) is 1.60. The Labute approximate surface area is 116 Å². The molecule has 0 amide bonds. The van der Waals surface area contributed by atoms with Crippen molar-refractivity contribution in [1.82, 2.24) is 0 Å². The van der Waals surface area contributed by atoms with Crippen LogP contribution in [0.2, 0.25) is 0 Å². The maximum absolute atomic E-state index is 10.7. The quantitative estimate of drug-likeness (QED) is 0.589. The van der Waals surface area contributed by atoms with Crippen LogP contribution in [-0.4, -0.2) is 21.9 Å². The van der Waals surface area contributed by atoms with Crippen molar-refractivity contribution < 1.29 is 15.0 Å². The number of phenolic OH excluding ortho intramolecular Hbond substituents is 1. The molecule has 0 unspecified atom stereocenters. The number of carboxylic acids is 1. The van der Waals surface area contributed by atoms with Gasteiger partial charge in [-0.15, -0.1) is 0 Å². The van der Waals surface area contributed by atoms with Gasteiger partial charge in [-0.3, -0.25) is 5.43 Å². The summed E-state index contributed by atoms with van der Waals surface area (Å²) in [5, 5.41) is 22.2. The lowest BCUT2D eigenvalue weighted by Gasteiger charge is -2.04. The minimum absolute atomic E-state index is 0.207. The van der Waals surface area contributed by atoms with Crippen LogP contribution in [0, 0.1) is 0 Å². The Balaban J connectivity index is 2.08. The smallest absolute Gasteiger partial charge is 0.335 e. The highest BCUT2D eigenvalue weighted by Gasteiger charge is 2.01. The van der Waals surface area contributed by atoms with Crippen molar-refractivity contribution >= 4 is 17.4 Å². The molecule has 0 fully saturated rings. The third kappa shape index (κ3) is 3.35. The molecule has 0 aliphatic carbocycles. The second-order valence-electron chi connectivity index (χ2n) is 4.24. The lowest BCUT2D eigenvalue weighted by Crippen LogP contribution is -2.00. The van der Waals surface area contributed by atoms with Crippen LogP contribution in [0.25, 0.3) is 0 Å². The van der Waals surface area contributed by atoms with Gasteiger partial charge in [0.05, 0.1) is 17.0 Å². The summed E-state index contributed by atoms with van der Waals surface area (Å²) in [4.78, 5) is 10.7. The number of carboxylic acid groups (broad SMARTS) is 1. The van der Waals surface area contributed by atoms with E-state index in [0.717, 1.165) is 11.3 Å². The molecule has 0 aliphatic rings. The number of anilines is 1. The van der Waals surface area contributed by atoms with Gasteiger partial charge in [0, 0.05) is 0 Å². The molecular weight excluding hydrogens is 256 g/mol. The fourth-order valence-electron chi connectivity index (χ4n) is 1.60. The maximum Gasteiger partial charge on any atom is 0.335 e. The Morgan fingerprint density at radius 3 is 2.10 bits per heavy atom. The van der Waals surface area contributed by atoms with E-state index < -0.39 is 5.97 Å². The molecule has 0 bridgehead atoms. The first-order valence-electron chi connectivity index (χ1n) is 5.99. The molecular formula is C15H14N2O3. The minimum atomic E-state index is -0.958. The Kier molecular flexibility index (Phi) is 4.00. The lowest BCUT2D eigenvalue weighted by molar-refractivity contribution is 0.0697. The van der Waals surface area contributed by atoms with Crippen molar-refractivity contribution in [2.75, 3.05) is 5.43 Å². The van der Waals surface area contributed by atoms with Crippen molar-refractivity contribution in [3.05, 3.63) is 59.7 Å². The molecule has 3 N–H and O–H groups in total. The molecule has 2 rings (SSSR count). The zero-order valence-electron chi connectivity index (χ0n) is 10.9. The number of aromatic hydroxyl groups is 1. The Bertz CT molecular complexity index is 631. The summed E-state index contributed by atoms with van der Waals surface area (Å²) in [6, 6.07) is 13.0. The lowest BCUT2D eigenvalue weighted by atomic mass is 10.1. The topological polar surface area (TPSA) is 81.9 Å². The molecule has 0 radical (unpaired) electrons. The predicted molar refractivity (Wildman–Crippen MR) is 77.3 cm³/mol. The average Bonchev–Trinajstić information content (AvgIpc) is 2.46. The van der Waals surface area contributed by atoms with Crippen molar-refractivity contribution in [1.29, 1.82) is 0 Å². The molecule has 0 saturated heterocycles. The van der Waals surface area contributed by atoms with E-state index in [1.165, 1.54) is 12.1 Å². The molecule has 5 heteroatoms. The minimum Gasteiger partial charge on any atom is -0.508 e. The van der Waals surface area contributed by atoms with Crippen molar-refractivity contribution in [2.24, 2.45) is 5.10 Å². The molecule has 2 aromatic rings. The van der Waals surface area contributed by atoms with Gasteiger partial charge in [-0.05, 0) is 61.0 Å². The molecule has 0 atom stereocenters. The van der Waals surface area contributed by atoms with Crippen LogP contribution < -0.4 is 5.43 Å². The van der Waals surface area contributed by atoms with Gasteiger partial charge in [0.2, 0.25) is 0 Å².